The molecule has 3 rings (SSSR count). The molecule has 3 aromatic rings. The Morgan fingerprint density at radius 2 is 1.40 bits per heavy atom. The second-order valence-electron chi connectivity index (χ2n) is 7.62. The van der Waals surface area contributed by atoms with Crippen LogP contribution in [0.4, 0.5) is 23.1 Å². The standard InChI is InChI=1S/C22H27N5O2S/c1-14-11-15(2)21(16(3)12-14)30(28,29)26-19-9-7-18(8-10-19)24-22-23-17(4)13-20(25-22)27(5)6/h7-13,26H,1-6H3,(H,23,24,25). The van der Waals surface area contributed by atoms with Crippen molar-refractivity contribution in [3.05, 3.63) is 64.8 Å². The van der Waals surface area contributed by atoms with E-state index in [2.05, 4.69) is 20.0 Å². The van der Waals surface area contributed by atoms with Gasteiger partial charge in [0.25, 0.3) is 10.0 Å². The fourth-order valence-corrected chi connectivity index (χ4v) is 4.90. The number of hydrogen-bond donors (Lipinski definition) is 2. The van der Waals surface area contributed by atoms with Crippen molar-refractivity contribution >= 4 is 33.2 Å². The quantitative estimate of drug-likeness (QED) is 0.612. The summed E-state index contributed by atoms with van der Waals surface area (Å²) in [6, 6.07) is 12.6. The van der Waals surface area contributed by atoms with Crippen LogP contribution in [0.1, 0.15) is 22.4 Å². The minimum absolute atomic E-state index is 0.319. The van der Waals surface area contributed by atoms with Crippen molar-refractivity contribution in [2.45, 2.75) is 32.6 Å². The van der Waals surface area contributed by atoms with Gasteiger partial charge in [-0.3, -0.25) is 4.72 Å². The Bertz CT molecular complexity index is 1150. The molecule has 0 aliphatic carbocycles. The number of nitrogens with one attached hydrogen (secondary N) is 2. The van der Waals surface area contributed by atoms with Crippen molar-refractivity contribution in [2.75, 3.05) is 29.0 Å². The van der Waals surface area contributed by atoms with E-state index in [0.29, 0.717) is 16.5 Å². The van der Waals surface area contributed by atoms with E-state index in [0.717, 1.165) is 33.9 Å². The predicted octanol–water partition coefficient (Wildman–Crippen LogP) is 4.32. The molecule has 2 aromatic carbocycles. The van der Waals surface area contributed by atoms with Crippen LogP contribution in [0.5, 0.6) is 0 Å². The van der Waals surface area contributed by atoms with Crippen molar-refractivity contribution in [2.24, 2.45) is 0 Å². The third kappa shape index (κ3) is 4.88. The Morgan fingerprint density at radius 1 is 0.833 bits per heavy atom. The average molecular weight is 426 g/mol. The van der Waals surface area contributed by atoms with Gasteiger partial charge in [0.1, 0.15) is 5.82 Å². The van der Waals surface area contributed by atoms with Gasteiger partial charge < -0.3 is 10.2 Å². The number of sulfonamides is 1. The van der Waals surface area contributed by atoms with E-state index in [1.165, 1.54) is 0 Å². The molecule has 0 aliphatic rings. The molecular formula is C22H27N5O2S. The highest BCUT2D eigenvalue weighted by atomic mass is 32.2. The third-order valence-corrected chi connectivity index (χ3v) is 6.25. The molecule has 0 saturated heterocycles. The van der Waals surface area contributed by atoms with Crippen LogP contribution in [-0.2, 0) is 10.0 Å². The van der Waals surface area contributed by atoms with Crippen LogP contribution in [0, 0.1) is 27.7 Å². The monoisotopic (exact) mass is 425 g/mol. The topological polar surface area (TPSA) is 87.2 Å². The Hall–Kier alpha value is -3.13. The van der Waals surface area contributed by atoms with E-state index < -0.39 is 10.0 Å². The Balaban J connectivity index is 1.80. The Morgan fingerprint density at radius 3 is 1.97 bits per heavy atom. The molecule has 2 N–H and O–H groups in total. The number of aryl methyl sites for hydroxylation is 4. The second kappa shape index (κ2) is 8.31. The zero-order valence-corrected chi connectivity index (χ0v) is 18.9. The average Bonchev–Trinajstić information content (AvgIpc) is 2.61. The first-order valence-corrected chi connectivity index (χ1v) is 11.0. The van der Waals surface area contributed by atoms with Crippen LogP contribution in [-0.4, -0.2) is 32.5 Å². The van der Waals surface area contributed by atoms with E-state index in [-0.39, 0.29) is 0 Å². The number of rotatable bonds is 6. The lowest BCUT2D eigenvalue weighted by Crippen LogP contribution is -2.16. The van der Waals surface area contributed by atoms with Gasteiger partial charge in [0.15, 0.2) is 0 Å². The van der Waals surface area contributed by atoms with Gasteiger partial charge in [0, 0.05) is 37.2 Å². The Labute approximate surface area is 178 Å². The van der Waals surface area contributed by atoms with Crippen LogP contribution in [0.3, 0.4) is 0 Å². The predicted molar refractivity (Wildman–Crippen MR) is 122 cm³/mol. The van der Waals surface area contributed by atoms with Crippen molar-refractivity contribution in [1.29, 1.82) is 0 Å². The zero-order chi connectivity index (χ0) is 22.1. The highest BCUT2D eigenvalue weighted by molar-refractivity contribution is 7.92. The number of nitrogens with zero attached hydrogens (tertiary/aromatic N) is 3. The van der Waals surface area contributed by atoms with Gasteiger partial charge in [0.2, 0.25) is 5.95 Å². The molecule has 0 fully saturated rings. The molecule has 158 valence electrons. The minimum Gasteiger partial charge on any atom is -0.363 e. The number of benzene rings is 2. The highest BCUT2D eigenvalue weighted by Crippen LogP contribution is 2.25. The first-order valence-electron chi connectivity index (χ1n) is 9.56. The fraction of sp³-hybridized carbons (Fsp3) is 0.273. The SMILES string of the molecule is Cc1cc(C)c(S(=O)(=O)Nc2ccc(Nc3nc(C)cc(N(C)C)n3)cc2)c(C)c1. The normalized spacial score (nSPS) is 11.3. The molecule has 0 spiro atoms. The molecule has 0 unspecified atom stereocenters. The molecule has 0 saturated carbocycles. The lowest BCUT2D eigenvalue weighted by molar-refractivity contribution is 0.600. The van der Waals surface area contributed by atoms with E-state index in [4.69, 9.17) is 0 Å². The van der Waals surface area contributed by atoms with Crippen LogP contribution in [0.25, 0.3) is 0 Å². The number of aromatic nitrogens is 2. The second-order valence-corrected chi connectivity index (χ2v) is 9.24. The lowest BCUT2D eigenvalue weighted by atomic mass is 10.1. The summed E-state index contributed by atoms with van der Waals surface area (Å²) in [5.74, 6) is 1.29. The molecular weight excluding hydrogens is 398 g/mol. The highest BCUT2D eigenvalue weighted by Gasteiger charge is 2.20. The summed E-state index contributed by atoms with van der Waals surface area (Å²) in [5.41, 5.74) is 4.59. The van der Waals surface area contributed by atoms with E-state index in [1.54, 1.807) is 24.3 Å². The largest absolute Gasteiger partial charge is 0.363 e. The van der Waals surface area contributed by atoms with Crippen LogP contribution in [0.15, 0.2) is 47.4 Å². The van der Waals surface area contributed by atoms with Crippen LogP contribution >= 0.6 is 0 Å². The first kappa shape index (κ1) is 21.6. The van der Waals surface area contributed by atoms with E-state index in [1.807, 2.05) is 64.9 Å². The molecule has 0 amide bonds. The van der Waals surface area contributed by atoms with Gasteiger partial charge in [-0.15, -0.1) is 0 Å². The maximum absolute atomic E-state index is 12.9. The molecule has 0 radical (unpaired) electrons. The van der Waals surface area contributed by atoms with Gasteiger partial charge in [-0.25, -0.2) is 13.4 Å². The van der Waals surface area contributed by atoms with Crippen molar-refractivity contribution in [3.63, 3.8) is 0 Å². The van der Waals surface area contributed by atoms with Gasteiger partial charge in [0.05, 0.1) is 4.90 Å². The molecule has 1 heterocycles. The lowest BCUT2D eigenvalue weighted by Gasteiger charge is -2.15. The fourth-order valence-electron chi connectivity index (χ4n) is 3.38. The first-order chi connectivity index (χ1) is 14.0. The van der Waals surface area contributed by atoms with Gasteiger partial charge in [-0.1, -0.05) is 17.7 Å². The van der Waals surface area contributed by atoms with Gasteiger partial charge >= 0.3 is 0 Å². The molecule has 7 nitrogen and oxygen atoms in total. The van der Waals surface area contributed by atoms with Crippen LogP contribution in [0.2, 0.25) is 0 Å². The molecule has 0 bridgehead atoms. The third-order valence-electron chi connectivity index (χ3n) is 4.57. The zero-order valence-electron chi connectivity index (χ0n) is 18.1. The molecule has 8 heteroatoms. The molecule has 0 aliphatic heterocycles. The molecule has 30 heavy (non-hydrogen) atoms. The summed E-state index contributed by atoms with van der Waals surface area (Å²) in [4.78, 5) is 11.1. The van der Waals surface area contributed by atoms with Crippen molar-refractivity contribution in [3.8, 4) is 0 Å². The Kier molecular flexibility index (Phi) is 5.98. The summed E-state index contributed by atoms with van der Waals surface area (Å²) in [5, 5.41) is 3.16. The summed E-state index contributed by atoms with van der Waals surface area (Å²) < 4.78 is 28.5. The van der Waals surface area contributed by atoms with E-state index in [9.17, 15) is 8.42 Å². The van der Waals surface area contributed by atoms with Crippen molar-refractivity contribution < 1.29 is 8.42 Å². The maximum Gasteiger partial charge on any atom is 0.262 e. The van der Waals surface area contributed by atoms with Gasteiger partial charge in [-0.2, -0.15) is 4.98 Å². The van der Waals surface area contributed by atoms with Crippen LogP contribution < -0.4 is 14.9 Å². The number of anilines is 4. The van der Waals surface area contributed by atoms with E-state index >= 15 is 0 Å². The van der Waals surface area contributed by atoms with Crippen molar-refractivity contribution in [1.82, 2.24) is 9.97 Å². The summed E-state index contributed by atoms with van der Waals surface area (Å²) >= 11 is 0. The molecule has 0 atom stereocenters. The summed E-state index contributed by atoms with van der Waals surface area (Å²) in [6.07, 6.45) is 0. The van der Waals surface area contributed by atoms with Gasteiger partial charge in [-0.05, 0) is 63.1 Å². The molecule has 1 aromatic heterocycles. The maximum atomic E-state index is 12.9. The minimum atomic E-state index is -3.68. The number of hydrogen-bond acceptors (Lipinski definition) is 6. The summed E-state index contributed by atoms with van der Waals surface area (Å²) in [7, 11) is 0.157. The smallest absolute Gasteiger partial charge is 0.262 e. The summed E-state index contributed by atoms with van der Waals surface area (Å²) in [6.45, 7) is 7.48.